The number of nitrogens with zero attached hydrogens (tertiary/aromatic N) is 2. The molecule has 2 heterocycles. The molecule has 0 saturated carbocycles. The second kappa shape index (κ2) is 5.29. The summed E-state index contributed by atoms with van der Waals surface area (Å²) in [5, 5.41) is 13.0. The van der Waals surface area contributed by atoms with Crippen molar-refractivity contribution in [2.75, 3.05) is 18.4 Å². The summed E-state index contributed by atoms with van der Waals surface area (Å²) >= 11 is 0. The van der Waals surface area contributed by atoms with Crippen LogP contribution in [0.1, 0.15) is 13.3 Å². The molecule has 1 fully saturated rings. The maximum absolute atomic E-state index is 12.4. The van der Waals surface area contributed by atoms with Crippen LogP contribution in [0.2, 0.25) is 0 Å². The summed E-state index contributed by atoms with van der Waals surface area (Å²) in [6.45, 7) is 2.32. The summed E-state index contributed by atoms with van der Waals surface area (Å²) < 4.78 is 0. The fourth-order valence-electron chi connectivity index (χ4n) is 2.71. The molecule has 2 amide bonds. The number of hydrogen-bond acceptors (Lipinski definition) is 3. The SMILES string of the molecule is CC1(C(=O)O)CCN(C(=O)Nc2cccc3cccnc23)C1. The molecule has 0 spiro atoms. The lowest BCUT2D eigenvalue weighted by atomic mass is 9.90. The van der Waals surface area contributed by atoms with E-state index in [0.29, 0.717) is 18.7 Å². The first-order valence-electron chi connectivity index (χ1n) is 7.13. The predicted molar refractivity (Wildman–Crippen MR) is 82.7 cm³/mol. The van der Waals surface area contributed by atoms with Gasteiger partial charge in [-0.05, 0) is 25.5 Å². The van der Waals surface area contributed by atoms with Crippen molar-refractivity contribution in [1.29, 1.82) is 0 Å². The number of aromatic nitrogens is 1. The molecule has 6 heteroatoms. The number of hydrogen-bond donors (Lipinski definition) is 2. The summed E-state index contributed by atoms with van der Waals surface area (Å²) in [5.74, 6) is -0.866. The highest BCUT2D eigenvalue weighted by molar-refractivity contribution is 5.99. The number of likely N-dealkylation sites (tertiary alicyclic amines) is 1. The Morgan fingerprint density at radius 2 is 2.09 bits per heavy atom. The number of carbonyl (C=O) groups is 2. The lowest BCUT2D eigenvalue weighted by molar-refractivity contribution is -0.146. The quantitative estimate of drug-likeness (QED) is 0.892. The third kappa shape index (κ3) is 2.47. The van der Waals surface area contributed by atoms with Crippen LogP contribution in [-0.2, 0) is 4.79 Å². The predicted octanol–water partition coefficient (Wildman–Crippen LogP) is 2.56. The van der Waals surface area contributed by atoms with Gasteiger partial charge in [0.15, 0.2) is 0 Å². The Kier molecular flexibility index (Phi) is 3.44. The van der Waals surface area contributed by atoms with Crippen LogP contribution in [0.25, 0.3) is 10.9 Å². The van der Waals surface area contributed by atoms with Gasteiger partial charge in [-0.3, -0.25) is 9.78 Å². The van der Waals surface area contributed by atoms with Crippen molar-refractivity contribution in [3.8, 4) is 0 Å². The molecule has 1 unspecified atom stereocenters. The summed E-state index contributed by atoms with van der Waals surface area (Å²) in [6, 6.07) is 9.05. The second-order valence-corrected chi connectivity index (χ2v) is 5.85. The van der Waals surface area contributed by atoms with E-state index in [2.05, 4.69) is 10.3 Å². The highest BCUT2D eigenvalue weighted by Crippen LogP contribution is 2.30. The molecule has 1 aromatic carbocycles. The molecule has 1 aliphatic heterocycles. The monoisotopic (exact) mass is 299 g/mol. The van der Waals surface area contributed by atoms with E-state index in [9.17, 15) is 14.7 Å². The van der Waals surface area contributed by atoms with E-state index < -0.39 is 11.4 Å². The van der Waals surface area contributed by atoms with Gasteiger partial charge in [-0.25, -0.2) is 4.79 Å². The minimum absolute atomic E-state index is 0.215. The van der Waals surface area contributed by atoms with Gasteiger partial charge in [0.25, 0.3) is 0 Å². The summed E-state index contributed by atoms with van der Waals surface area (Å²) in [4.78, 5) is 29.4. The van der Waals surface area contributed by atoms with Gasteiger partial charge >= 0.3 is 12.0 Å². The molecule has 2 N–H and O–H groups in total. The number of aliphatic carboxylic acids is 1. The van der Waals surface area contributed by atoms with Crippen molar-refractivity contribution < 1.29 is 14.7 Å². The summed E-state index contributed by atoms with van der Waals surface area (Å²) in [5.41, 5.74) is 0.486. The Bertz CT molecular complexity index is 741. The minimum Gasteiger partial charge on any atom is -0.481 e. The van der Waals surface area contributed by atoms with Crippen molar-refractivity contribution in [3.05, 3.63) is 36.5 Å². The van der Waals surface area contributed by atoms with E-state index in [0.717, 1.165) is 10.9 Å². The number of carboxylic acid groups (broad SMARTS) is 1. The van der Waals surface area contributed by atoms with Crippen LogP contribution in [0.4, 0.5) is 10.5 Å². The number of fused-ring (bicyclic) bond motifs is 1. The van der Waals surface area contributed by atoms with Crippen LogP contribution in [0.15, 0.2) is 36.5 Å². The molecule has 22 heavy (non-hydrogen) atoms. The number of carboxylic acids is 1. The van der Waals surface area contributed by atoms with Gasteiger partial charge < -0.3 is 15.3 Å². The van der Waals surface area contributed by atoms with Gasteiger partial charge in [0, 0.05) is 24.7 Å². The third-order valence-corrected chi connectivity index (χ3v) is 4.15. The van der Waals surface area contributed by atoms with Crippen molar-refractivity contribution in [2.24, 2.45) is 5.41 Å². The van der Waals surface area contributed by atoms with E-state index in [1.807, 2.05) is 24.3 Å². The van der Waals surface area contributed by atoms with Crippen LogP contribution in [0.5, 0.6) is 0 Å². The third-order valence-electron chi connectivity index (χ3n) is 4.15. The topological polar surface area (TPSA) is 82.5 Å². The van der Waals surface area contributed by atoms with Crippen molar-refractivity contribution in [2.45, 2.75) is 13.3 Å². The number of carbonyl (C=O) groups excluding carboxylic acids is 1. The lowest BCUT2D eigenvalue weighted by Gasteiger charge is -2.20. The Morgan fingerprint density at radius 1 is 1.32 bits per heavy atom. The molecular formula is C16H17N3O3. The maximum Gasteiger partial charge on any atom is 0.321 e. The van der Waals surface area contributed by atoms with Crippen LogP contribution >= 0.6 is 0 Å². The molecule has 6 nitrogen and oxygen atoms in total. The molecule has 1 aliphatic rings. The number of pyridine rings is 1. The van der Waals surface area contributed by atoms with Crippen molar-refractivity contribution >= 4 is 28.6 Å². The van der Waals surface area contributed by atoms with Gasteiger partial charge in [-0.2, -0.15) is 0 Å². The Hall–Kier alpha value is -2.63. The van der Waals surface area contributed by atoms with E-state index in [1.54, 1.807) is 19.2 Å². The molecule has 1 saturated heterocycles. The number of nitrogens with one attached hydrogen (secondary N) is 1. The lowest BCUT2D eigenvalue weighted by Crippen LogP contribution is -2.37. The highest BCUT2D eigenvalue weighted by atomic mass is 16.4. The number of amides is 2. The summed E-state index contributed by atoms with van der Waals surface area (Å²) in [6.07, 6.45) is 2.14. The second-order valence-electron chi connectivity index (χ2n) is 5.85. The molecule has 0 aliphatic carbocycles. The van der Waals surface area contributed by atoms with Crippen LogP contribution in [0.3, 0.4) is 0 Å². The molecule has 0 radical (unpaired) electrons. The minimum atomic E-state index is -0.867. The standard InChI is InChI=1S/C16H17N3O3/c1-16(14(20)21)7-9-19(10-16)15(22)18-12-6-2-4-11-5-3-8-17-13(11)12/h2-6,8H,7,9-10H2,1H3,(H,18,22)(H,20,21). The van der Waals surface area contributed by atoms with E-state index in [1.165, 1.54) is 4.90 Å². The average Bonchev–Trinajstić information content (AvgIpc) is 2.92. The number of anilines is 1. The van der Waals surface area contributed by atoms with Crippen molar-refractivity contribution in [3.63, 3.8) is 0 Å². The van der Waals surface area contributed by atoms with E-state index in [-0.39, 0.29) is 12.6 Å². The van der Waals surface area contributed by atoms with Crippen LogP contribution in [0, 0.1) is 5.41 Å². The van der Waals surface area contributed by atoms with Gasteiger partial charge in [0.2, 0.25) is 0 Å². The molecular weight excluding hydrogens is 282 g/mol. The number of rotatable bonds is 2. The van der Waals surface area contributed by atoms with Crippen molar-refractivity contribution in [1.82, 2.24) is 9.88 Å². The molecule has 3 rings (SSSR count). The van der Waals surface area contributed by atoms with Gasteiger partial charge in [0.05, 0.1) is 16.6 Å². The fourth-order valence-corrected chi connectivity index (χ4v) is 2.71. The number of benzene rings is 1. The number of para-hydroxylation sites is 1. The zero-order valence-corrected chi connectivity index (χ0v) is 12.2. The largest absolute Gasteiger partial charge is 0.481 e. The van der Waals surface area contributed by atoms with Gasteiger partial charge in [-0.1, -0.05) is 18.2 Å². The van der Waals surface area contributed by atoms with E-state index in [4.69, 9.17) is 0 Å². The molecule has 2 aromatic rings. The van der Waals surface area contributed by atoms with Crippen LogP contribution < -0.4 is 5.32 Å². The molecule has 1 atom stereocenters. The number of urea groups is 1. The first kappa shape index (κ1) is 14.3. The maximum atomic E-state index is 12.4. The van der Waals surface area contributed by atoms with Gasteiger partial charge in [0.1, 0.15) is 0 Å². The highest BCUT2D eigenvalue weighted by Gasteiger charge is 2.42. The zero-order valence-electron chi connectivity index (χ0n) is 12.2. The molecule has 114 valence electrons. The normalized spacial score (nSPS) is 21.0. The molecule has 0 bridgehead atoms. The van der Waals surface area contributed by atoms with Crippen LogP contribution in [-0.4, -0.2) is 40.1 Å². The average molecular weight is 299 g/mol. The fraction of sp³-hybridized carbons (Fsp3) is 0.312. The Labute approximate surface area is 127 Å². The summed E-state index contributed by atoms with van der Waals surface area (Å²) in [7, 11) is 0. The van der Waals surface area contributed by atoms with Gasteiger partial charge in [-0.15, -0.1) is 0 Å². The Morgan fingerprint density at radius 3 is 2.82 bits per heavy atom. The Balaban J connectivity index is 1.79. The molecule has 1 aromatic heterocycles. The zero-order chi connectivity index (χ0) is 15.7. The smallest absolute Gasteiger partial charge is 0.321 e. The first-order chi connectivity index (χ1) is 10.5. The first-order valence-corrected chi connectivity index (χ1v) is 7.13. The van der Waals surface area contributed by atoms with E-state index >= 15 is 0 Å².